The van der Waals surface area contributed by atoms with Gasteiger partial charge in [0.05, 0.1) is 5.75 Å². The highest BCUT2D eigenvalue weighted by Gasteiger charge is 2.25. The van der Waals surface area contributed by atoms with Gasteiger partial charge < -0.3 is 9.64 Å². The Morgan fingerprint density at radius 3 is 3.07 bits per heavy atom. The maximum Gasteiger partial charge on any atom is 0.233 e. The second kappa shape index (κ2) is 9.46. The van der Waals surface area contributed by atoms with Gasteiger partial charge in [0.1, 0.15) is 12.4 Å². The zero-order valence-corrected chi connectivity index (χ0v) is 17.3. The maximum absolute atomic E-state index is 12.5. The van der Waals surface area contributed by atoms with Crippen molar-refractivity contribution in [1.29, 1.82) is 0 Å². The van der Waals surface area contributed by atoms with Crippen LogP contribution in [0.3, 0.4) is 0 Å². The van der Waals surface area contributed by atoms with E-state index >= 15 is 0 Å². The average molecular weight is 409 g/mol. The smallest absolute Gasteiger partial charge is 0.233 e. The van der Waals surface area contributed by atoms with E-state index in [1.54, 1.807) is 0 Å². The van der Waals surface area contributed by atoms with Crippen LogP contribution in [0.4, 0.5) is 0 Å². The molecule has 27 heavy (non-hydrogen) atoms. The number of aryl methyl sites for hydroxylation is 1. The van der Waals surface area contributed by atoms with Crippen LogP contribution >= 0.6 is 23.4 Å². The van der Waals surface area contributed by atoms with Crippen LogP contribution in [0.15, 0.2) is 23.4 Å². The number of ether oxygens (including phenoxy) is 1. The number of H-pyrrole nitrogens is 1. The number of likely N-dealkylation sites (tertiary alicyclic amines) is 1. The first-order valence-corrected chi connectivity index (χ1v) is 10.7. The molecule has 1 aromatic heterocycles. The van der Waals surface area contributed by atoms with Crippen LogP contribution in [0.2, 0.25) is 5.02 Å². The summed E-state index contributed by atoms with van der Waals surface area (Å²) in [5.41, 5.74) is 0.963. The number of aromatic nitrogens is 3. The van der Waals surface area contributed by atoms with Gasteiger partial charge in [0.2, 0.25) is 11.1 Å². The van der Waals surface area contributed by atoms with Crippen LogP contribution in [0.1, 0.15) is 44.0 Å². The minimum Gasteiger partial charge on any atom is -0.486 e. The molecular weight excluding hydrogens is 384 g/mol. The first kappa shape index (κ1) is 20.0. The van der Waals surface area contributed by atoms with E-state index in [4.69, 9.17) is 16.3 Å². The fourth-order valence-electron chi connectivity index (χ4n) is 3.23. The first-order valence-electron chi connectivity index (χ1n) is 9.29. The molecule has 1 aromatic carbocycles. The van der Waals surface area contributed by atoms with Gasteiger partial charge in [-0.15, -0.1) is 5.10 Å². The van der Waals surface area contributed by atoms with Crippen molar-refractivity contribution in [1.82, 2.24) is 20.1 Å². The molecule has 1 amide bonds. The number of halogens is 1. The van der Waals surface area contributed by atoms with Gasteiger partial charge in [0, 0.05) is 17.6 Å². The van der Waals surface area contributed by atoms with Gasteiger partial charge in [-0.1, -0.05) is 30.3 Å². The van der Waals surface area contributed by atoms with E-state index in [0.29, 0.717) is 27.8 Å². The standard InChI is InChI=1S/C19H25ClN4O2S/c1-3-14-6-4-5-9-24(14)18(25)12-27-19-21-17(22-23-19)11-26-15-7-8-16(20)13(2)10-15/h7-8,10,14H,3-6,9,11-12H2,1-2H3,(H,21,22,23)/t14-/m1/s1. The zero-order chi connectivity index (χ0) is 19.2. The van der Waals surface area contributed by atoms with Gasteiger partial charge in [-0.25, -0.2) is 4.98 Å². The molecule has 1 aliphatic heterocycles. The van der Waals surface area contributed by atoms with Crippen LogP contribution in [-0.2, 0) is 11.4 Å². The summed E-state index contributed by atoms with van der Waals surface area (Å²) in [7, 11) is 0. The molecule has 1 aliphatic rings. The Hall–Kier alpha value is -1.73. The fourth-order valence-corrected chi connectivity index (χ4v) is 4.05. The van der Waals surface area contributed by atoms with E-state index in [1.807, 2.05) is 30.0 Å². The summed E-state index contributed by atoms with van der Waals surface area (Å²) in [5.74, 6) is 1.89. The van der Waals surface area contributed by atoms with Crippen molar-refractivity contribution < 1.29 is 9.53 Å². The van der Waals surface area contributed by atoms with Crippen LogP contribution in [0.25, 0.3) is 0 Å². The van der Waals surface area contributed by atoms with Crippen molar-refractivity contribution in [3.05, 3.63) is 34.6 Å². The predicted molar refractivity (Wildman–Crippen MR) is 107 cm³/mol. The summed E-state index contributed by atoms with van der Waals surface area (Å²) in [5, 5.41) is 8.32. The molecule has 1 saturated heterocycles. The fraction of sp³-hybridized carbons (Fsp3) is 0.526. The minimum atomic E-state index is 0.172. The van der Waals surface area contributed by atoms with Crippen molar-refractivity contribution in [2.24, 2.45) is 0 Å². The number of thioether (sulfide) groups is 1. The monoisotopic (exact) mass is 408 g/mol. The Morgan fingerprint density at radius 2 is 2.30 bits per heavy atom. The number of rotatable bonds is 7. The number of carbonyl (C=O) groups is 1. The lowest BCUT2D eigenvalue weighted by atomic mass is 10.0. The van der Waals surface area contributed by atoms with Crippen molar-refractivity contribution in [2.75, 3.05) is 12.3 Å². The number of aromatic amines is 1. The summed E-state index contributed by atoms with van der Waals surface area (Å²) in [6.07, 6.45) is 4.44. The second-order valence-corrected chi connectivity index (χ2v) is 8.05. The summed E-state index contributed by atoms with van der Waals surface area (Å²) in [6, 6.07) is 5.90. The van der Waals surface area contributed by atoms with Gasteiger partial charge in [-0.05, 0) is 56.4 Å². The molecular formula is C19H25ClN4O2S. The van der Waals surface area contributed by atoms with Crippen molar-refractivity contribution in [3.8, 4) is 5.75 Å². The number of piperidine rings is 1. The third-order valence-corrected chi connectivity index (χ3v) is 6.02. The van der Waals surface area contributed by atoms with Gasteiger partial charge in [0.25, 0.3) is 0 Å². The topological polar surface area (TPSA) is 71.1 Å². The Labute approximate surface area is 169 Å². The third-order valence-electron chi connectivity index (χ3n) is 4.76. The number of benzene rings is 1. The Balaban J connectivity index is 1.48. The number of nitrogens with zero attached hydrogens (tertiary/aromatic N) is 3. The number of nitrogens with one attached hydrogen (secondary N) is 1. The molecule has 3 rings (SSSR count). The van der Waals surface area contributed by atoms with Crippen LogP contribution in [0.5, 0.6) is 5.75 Å². The van der Waals surface area contributed by atoms with Gasteiger partial charge in [-0.2, -0.15) is 0 Å². The van der Waals surface area contributed by atoms with Crippen LogP contribution < -0.4 is 4.74 Å². The Morgan fingerprint density at radius 1 is 1.44 bits per heavy atom. The number of hydrogen-bond donors (Lipinski definition) is 1. The van der Waals surface area contributed by atoms with E-state index in [-0.39, 0.29) is 12.5 Å². The molecule has 1 N–H and O–H groups in total. The molecule has 0 unspecified atom stereocenters. The number of carbonyl (C=O) groups excluding carboxylic acids is 1. The first-order chi connectivity index (χ1) is 13.1. The van der Waals surface area contributed by atoms with E-state index in [9.17, 15) is 4.79 Å². The molecule has 0 spiro atoms. The maximum atomic E-state index is 12.5. The lowest BCUT2D eigenvalue weighted by Gasteiger charge is -2.35. The lowest BCUT2D eigenvalue weighted by molar-refractivity contribution is -0.132. The number of amides is 1. The molecule has 0 saturated carbocycles. The molecule has 2 aromatic rings. The van der Waals surface area contributed by atoms with Gasteiger partial charge >= 0.3 is 0 Å². The van der Waals surface area contributed by atoms with Crippen molar-refractivity contribution in [3.63, 3.8) is 0 Å². The summed E-state index contributed by atoms with van der Waals surface area (Å²) in [6.45, 7) is 5.23. The van der Waals surface area contributed by atoms with Gasteiger partial charge in [-0.3, -0.25) is 9.89 Å². The lowest BCUT2D eigenvalue weighted by Crippen LogP contribution is -2.44. The normalized spacial score (nSPS) is 17.1. The molecule has 8 heteroatoms. The minimum absolute atomic E-state index is 0.172. The van der Waals surface area contributed by atoms with Crippen LogP contribution in [-0.4, -0.2) is 44.3 Å². The Kier molecular flexibility index (Phi) is 7.01. The molecule has 6 nitrogen and oxygen atoms in total. The van der Waals surface area contributed by atoms with E-state index in [0.717, 1.165) is 37.1 Å². The average Bonchev–Trinajstić information content (AvgIpc) is 3.15. The third kappa shape index (κ3) is 5.39. The summed E-state index contributed by atoms with van der Waals surface area (Å²) >= 11 is 7.38. The van der Waals surface area contributed by atoms with E-state index < -0.39 is 0 Å². The van der Waals surface area contributed by atoms with Gasteiger partial charge in [0.15, 0.2) is 5.82 Å². The van der Waals surface area contributed by atoms with E-state index in [2.05, 4.69) is 22.1 Å². The van der Waals surface area contributed by atoms with E-state index in [1.165, 1.54) is 18.2 Å². The molecule has 1 fully saturated rings. The molecule has 0 bridgehead atoms. The van der Waals surface area contributed by atoms with Crippen molar-refractivity contribution >= 4 is 29.3 Å². The van der Waals surface area contributed by atoms with Crippen molar-refractivity contribution in [2.45, 2.75) is 57.3 Å². The largest absolute Gasteiger partial charge is 0.486 e. The molecule has 0 aliphatic carbocycles. The number of hydrogen-bond acceptors (Lipinski definition) is 5. The molecule has 2 heterocycles. The molecule has 146 valence electrons. The summed E-state index contributed by atoms with van der Waals surface area (Å²) in [4.78, 5) is 18.9. The predicted octanol–water partition coefficient (Wildman–Crippen LogP) is 4.23. The Bertz CT molecular complexity index is 783. The highest BCUT2D eigenvalue weighted by atomic mass is 35.5. The zero-order valence-electron chi connectivity index (χ0n) is 15.7. The quantitative estimate of drug-likeness (QED) is 0.694. The van der Waals surface area contributed by atoms with Crippen LogP contribution in [0, 0.1) is 6.92 Å². The summed E-state index contributed by atoms with van der Waals surface area (Å²) < 4.78 is 5.71. The SMILES string of the molecule is CC[C@@H]1CCCCN1C(=O)CSc1n[nH]c(COc2ccc(Cl)c(C)c2)n1. The highest BCUT2D eigenvalue weighted by molar-refractivity contribution is 7.99. The highest BCUT2D eigenvalue weighted by Crippen LogP contribution is 2.23. The second-order valence-electron chi connectivity index (χ2n) is 6.70. The molecule has 0 radical (unpaired) electrons. The molecule has 1 atom stereocenters.